The molecule has 2 aromatic rings. The smallest absolute Gasteiger partial charge is 0.209 e. The summed E-state index contributed by atoms with van der Waals surface area (Å²) in [6, 6.07) is 8.62. The van der Waals surface area contributed by atoms with Crippen LogP contribution >= 0.6 is 23.6 Å². The molecule has 1 aromatic carbocycles. The van der Waals surface area contributed by atoms with Crippen LogP contribution in [0.15, 0.2) is 24.3 Å². The fourth-order valence-corrected chi connectivity index (χ4v) is 6.82. The standard InChI is InChI=1S/C20H29N5O2S3/c1-15(2)16-3-5-17(6-4-16)21-19-22-25(20(28)29-19)14-23-8-10-24(11-9-23)18-7-12-30(26,27)13-18/h3-6,15,18H,7-14H2,1-2H3,(H,21,22)/t18-/m1/s1. The van der Waals surface area contributed by atoms with Crippen LogP contribution in [0.25, 0.3) is 0 Å². The number of piperazine rings is 1. The number of rotatable bonds is 6. The number of hydrogen-bond acceptors (Lipinski definition) is 8. The number of benzene rings is 1. The van der Waals surface area contributed by atoms with Crippen LogP contribution in [0.2, 0.25) is 0 Å². The summed E-state index contributed by atoms with van der Waals surface area (Å²) in [5, 5.41) is 8.81. The number of aromatic nitrogens is 2. The third-order valence-corrected chi connectivity index (χ3v) is 8.87. The topological polar surface area (TPSA) is 70.5 Å². The van der Waals surface area contributed by atoms with Gasteiger partial charge in [-0.1, -0.05) is 37.3 Å². The molecule has 2 fully saturated rings. The Hall–Kier alpha value is -1.33. The van der Waals surface area contributed by atoms with Gasteiger partial charge in [0.25, 0.3) is 0 Å². The average Bonchev–Trinajstić information content (AvgIpc) is 3.24. The molecule has 0 bridgehead atoms. The number of sulfone groups is 1. The maximum Gasteiger partial charge on any atom is 0.209 e. The van der Waals surface area contributed by atoms with E-state index in [1.54, 1.807) is 0 Å². The van der Waals surface area contributed by atoms with E-state index >= 15 is 0 Å². The van der Waals surface area contributed by atoms with Crippen molar-refractivity contribution in [1.82, 2.24) is 19.6 Å². The van der Waals surface area contributed by atoms with Gasteiger partial charge in [0.1, 0.15) is 0 Å². The van der Waals surface area contributed by atoms with E-state index in [4.69, 9.17) is 12.2 Å². The highest BCUT2D eigenvalue weighted by Gasteiger charge is 2.33. The molecule has 0 aliphatic carbocycles. The molecule has 30 heavy (non-hydrogen) atoms. The van der Waals surface area contributed by atoms with Crippen molar-refractivity contribution in [3.8, 4) is 0 Å². The molecular formula is C20H29N5O2S3. The van der Waals surface area contributed by atoms with Gasteiger partial charge in [0, 0.05) is 37.9 Å². The molecule has 0 radical (unpaired) electrons. The predicted molar refractivity (Wildman–Crippen MR) is 125 cm³/mol. The Morgan fingerprint density at radius 1 is 1.20 bits per heavy atom. The molecule has 4 rings (SSSR count). The molecule has 1 N–H and O–H groups in total. The Kier molecular flexibility index (Phi) is 6.59. The van der Waals surface area contributed by atoms with Crippen LogP contribution in [0.3, 0.4) is 0 Å². The summed E-state index contributed by atoms with van der Waals surface area (Å²) >= 11 is 7.00. The molecular weight excluding hydrogens is 438 g/mol. The molecule has 0 unspecified atom stereocenters. The second-order valence-electron chi connectivity index (χ2n) is 8.43. The van der Waals surface area contributed by atoms with Crippen molar-refractivity contribution in [1.29, 1.82) is 0 Å². The lowest BCUT2D eigenvalue weighted by Crippen LogP contribution is -2.50. The molecule has 2 saturated heterocycles. The quantitative estimate of drug-likeness (QED) is 0.654. The van der Waals surface area contributed by atoms with Gasteiger partial charge in [0.15, 0.2) is 13.8 Å². The van der Waals surface area contributed by atoms with E-state index in [0.717, 1.165) is 47.4 Å². The minimum Gasteiger partial charge on any atom is -0.330 e. The van der Waals surface area contributed by atoms with Crippen LogP contribution in [0.5, 0.6) is 0 Å². The first-order valence-electron chi connectivity index (χ1n) is 10.4. The molecule has 1 atom stereocenters. The molecule has 0 amide bonds. The molecule has 0 saturated carbocycles. The molecule has 2 aliphatic heterocycles. The van der Waals surface area contributed by atoms with Crippen molar-refractivity contribution >= 4 is 44.2 Å². The first-order chi connectivity index (χ1) is 14.3. The largest absolute Gasteiger partial charge is 0.330 e. The summed E-state index contributed by atoms with van der Waals surface area (Å²) in [6.45, 7) is 8.62. The molecule has 3 heterocycles. The molecule has 1 aromatic heterocycles. The first-order valence-corrected chi connectivity index (χ1v) is 13.5. The van der Waals surface area contributed by atoms with Gasteiger partial charge in [-0.05, 0) is 42.3 Å². The molecule has 10 heteroatoms. The van der Waals surface area contributed by atoms with Crippen LogP contribution in [0.4, 0.5) is 10.8 Å². The van der Waals surface area contributed by atoms with Gasteiger partial charge in [0.2, 0.25) is 5.13 Å². The Bertz CT molecular complexity index is 1020. The minimum absolute atomic E-state index is 0.191. The van der Waals surface area contributed by atoms with E-state index in [1.165, 1.54) is 16.9 Å². The van der Waals surface area contributed by atoms with E-state index in [-0.39, 0.29) is 6.04 Å². The Morgan fingerprint density at radius 3 is 2.50 bits per heavy atom. The number of anilines is 2. The van der Waals surface area contributed by atoms with Crippen molar-refractivity contribution in [2.24, 2.45) is 0 Å². The Balaban J connectivity index is 1.31. The molecule has 2 aliphatic rings. The maximum absolute atomic E-state index is 11.7. The first kappa shape index (κ1) is 21.9. The average molecular weight is 468 g/mol. The molecule has 0 spiro atoms. The van der Waals surface area contributed by atoms with Gasteiger partial charge in [-0.15, -0.1) is 5.10 Å². The zero-order chi connectivity index (χ0) is 21.3. The van der Waals surface area contributed by atoms with Gasteiger partial charge in [-0.3, -0.25) is 9.80 Å². The maximum atomic E-state index is 11.7. The lowest BCUT2D eigenvalue weighted by molar-refractivity contribution is 0.0812. The Morgan fingerprint density at radius 2 is 1.90 bits per heavy atom. The predicted octanol–water partition coefficient (Wildman–Crippen LogP) is 3.30. The summed E-state index contributed by atoms with van der Waals surface area (Å²) in [5.74, 6) is 1.16. The zero-order valence-corrected chi connectivity index (χ0v) is 19.9. The highest BCUT2D eigenvalue weighted by molar-refractivity contribution is 7.91. The van der Waals surface area contributed by atoms with Gasteiger partial charge in [-0.25, -0.2) is 13.1 Å². The van der Waals surface area contributed by atoms with Crippen LogP contribution in [-0.4, -0.2) is 71.7 Å². The Labute approximate surface area is 187 Å². The minimum atomic E-state index is -2.83. The van der Waals surface area contributed by atoms with E-state index in [0.29, 0.717) is 24.1 Å². The van der Waals surface area contributed by atoms with Gasteiger partial charge in [-0.2, -0.15) is 0 Å². The fraction of sp³-hybridized carbons (Fsp3) is 0.600. The molecule has 164 valence electrons. The van der Waals surface area contributed by atoms with Crippen LogP contribution < -0.4 is 5.32 Å². The third kappa shape index (κ3) is 5.28. The number of hydrogen-bond donors (Lipinski definition) is 1. The lowest BCUT2D eigenvalue weighted by atomic mass is 10.0. The van der Waals surface area contributed by atoms with Crippen LogP contribution in [0, 0.1) is 3.95 Å². The second-order valence-corrected chi connectivity index (χ2v) is 12.3. The summed E-state index contributed by atoms with van der Waals surface area (Å²) in [7, 11) is -2.83. The second kappa shape index (κ2) is 9.04. The van der Waals surface area contributed by atoms with Crippen molar-refractivity contribution < 1.29 is 8.42 Å². The van der Waals surface area contributed by atoms with E-state index in [9.17, 15) is 8.42 Å². The number of nitrogens with zero attached hydrogens (tertiary/aromatic N) is 4. The number of nitrogens with one attached hydrogen (secondary N) is 1. The van der Waals surface area contributed by atoms with Crippen molar-refractivity contribution in [3.05, 3.63) is 33.8 Å². The summed E-state index contributed by atoms with van der Waals surface area (Å²) in [6.07, 6.45) is 0.770. The van der Waals surface area contributed by atoms with Crippen molar-refractivity contribution in [3.63, 3.8) is 0 Å². The normalized spacial score (nSPS) is 22.6. The van der Waals surface area contributed by atoms with Crippen LogP contribution in [-0.2, 0) is 16.5 Å². The van der Waals surface area contributed by atoms with Crippen molar-refractivity contribution in [2.45, 2.75) is 38.9 Å². The summed E-state index contributed by atoms with van der Waals surface area (Å²) in [5.41, 5.74) is 2.32. The third-order valence-electron chi connectivity index (χ3n) is 5.90. The zero-order valence-electron chi connectivity index (χ0n) is 17.5. The molecule has 7 nitrogen and oxygen atoms in total. The lowest BCUT2D eigenvalue weighted by Gasteiger charge is -2.37. The van der Waals surface area contributed by atoms with E-state index < -0.39 is 9.84 Å². The highest BCUT2D eigenvalue weighted by Crippen LogP contribution is 2.23. The van der Waals surface area contributed by atoms with Gasteiger partial charge in [0.05, 0.1) is 18.2 Å². The highest BCUT2D eigenvalue weighted by atomic mass is 32.2. The monoisotopic (exact) mass is 467 g/mol. The van der Waals surface area contributed by atoms with Gasteiger partial charge < -0.3 is 5.32 Å². The fourth-order valence-electron chi connectivity index (χ4n) is 4.04. The SMILES string of the molecule is CC(C)c1ccc(Nc2nn(CN3CCN([C@@H]4CCS(=O)(=O)C4)CC3)c(=S)s2)cc1. The van der Waals surface area contributed by atoms with E-state index in [1.807, 2.05) is 4.68 Å². The van der Waals surface area contributed by atoms with E-state index in [2.05, 4.69) is 58.3 Å². The van der Waals surface area contributed by atoms with Gasteiger partial charge >= 0.3 is 0 Å². The summed E-state index contributed by atoms with van der Waals surface area (Å²) < 4.78 is 26.1. The van der Waals surface area contributed by atoms with Crippen LogP contribution in [0.1, 0.15) is 31.7 Å². The summed E-state index contributed by atoms with van der Waals surface area (Å²) in [4.78, 5) is 4.66. The van der Waals surface area contributed by atoms with Crippen molar-refractivity contribution in [2.75, 3.05) is 43.0 Å².